The lowest BCUT2D eigenvalue weighted by atomic mass is 9.93. The van der Waals surface area contributed by atoms with Crippen molar-refractivity contribution in [2.75, 3.05) is 13.1 Å². The number of rotatable bonds is 5. The van der Waals surface area contributed by atoms with Gasteiger partial charge < -0.3 is 10.2 Å². The maximum atomic E-state index is 13.9. The van der Waals surface area contributed by atoms with E-state index in [0.29, 0.717) is 37.8 Å². The molecule has 2 aliphatic rings. The van der Waals surface area contributed by atoms with Crippen molar-refractivity contribution in [1.82, 2.24) is 10.2 Å². The van der Waals surface area contributed by atoms with Crippen LogP contribution >= 0.6 is 0 Å². The minimum Gasteiger partial charge on any atom is -0.349 e. The van der Waals surface area contributed by atoms with E-state index in [4.69, 9.17) is 0 Å². The lowest BCUT2D eigenvalue weighted by Gasteiger charge is -2.32. The van der Waals surface area contributed by atoms with Crippen LogP contribution in [0.1, 0.15) is 48.1 Å². The monoisotopic (exact) mass is 412 g/mol. The minimum atomic E-state index is -0.857. The number of benzene rings is 2. The summed E-state index contributed by atoms with van der Waals surface area (Å²) in [6, 6.07) is 13.0. The third kappa shape index (κ3) is 4.37. The molecule has 2 aromatic rings. The van der Waals surface area contributed by atoms with Gasteiger partial charge in [0.2, 0.25) is 5.91 Å². The van der Waals surface area contributed by atoms with Crippen LogP contribution < -0.4 is 5.32 Å². The van der Waals surface area contributed by atoms with Crippen LogP contribution in [0.3, 0.4) is 0 Å². The molecule has 0 spiro atoms. The summed E-state index contributed by atoms with van der Waals surface area (Å²) in [6.07, 6.45) is 2.17. The summed E-state index contributed by atoms with van der Waals surface area (Å²) in [5.74, 6) is -1.13. The highest BCUT2D eigenvalue weighted by Gasteiger charge is 2.41. The predicted octanol–water partition coefficient (Wildman–Crippen LogP) is 4.33. The second-order valence-electron chi connectivity index (χ2n) is 8.46. The number of likely N-dealkylation sites (tertiary alicyclic amines) is 1. The third-order valence-electron chi connectivity index (χ3n) is 6.37. The van der Waals surface area contributed by atoms with E-state index in [0.717, 1.165) is 24.1 Å². The first-order valence-corrected chi connectivity index (χ1v) is 10.5. The molecule has 4 nitrogen and oxygen atoms in total. The van der Waals surface area contributed by atoms with E-state index in [1.807, 2.05) is 18.2 Å². The SMILES string of the molecule is CC1CC1C(NC(=O)C1CCN(C(=O)c2ccc(F)cc2F)CC1)c1ccccc1. The maximum Gasteiger partial charge on any atom is 0.256 e. The smallest absolute Gasteiger partial charge is 0.256 e. The number of amides is 2. The average molecular weight is 412 g/mol. The molecule has 0 bridgehead atoms. The van der Waals surface area contributed by atoms with Gasteiger partial charge in [-0.15, -0.1) is 0 Å². The van der Waals surface area contributed by atoms with Gasteiger partial charge in [-0.2, -0.15) is 0 Å². The van der Waals surface area contributed by atoms with E-state index in [1.165, 1.54) is 11.0 Å². The highest BCUT2D eigenvalue weighted by atomic mass is 19.1. The average Bonchev–Trinajstić information content (AvgIpc) is 3.48. The van der Waals surface area contributed by atoms with Crippen molar-refractivity contribution in [2.45, 2.75) is 32.2 Å². The van der Waals surface area contributed by atoms with E-state index >= 15 is 0 Å². The molecule has 0 aromatic heterocycles. The molecule has 30 heavy (non-hydrogen) atoms. The molecule has 3 atom stereocenters. The van der Waals surface area contributed by atoms with Crippen LogP contribution in [0.15, 0.2) is 48.5 Å². The first-order valence-electron chi connectivity index (χ1n) is 10.5. The molecule has 158 valence electrons. The van der Waals surface area contributed by atoms with Gasteiger partial charge in [-0.25, -0.2) is 8.78 Å². The Bertz CT molecular complexity index is 926. The second kappa shape index (κ2) is 8.54. The van der Waals surface area contributed by atoms with Crippen molar-refractivity contribution < 1.29 is 18.4 Å². The van der Waals surface area contributed by atoms with Crippen LogP contribution in [0.25, 0.3) is 0 Å². The van der Waals surface area contributed by atoms with Crippen LogP contribution in [-0.4, -0.2) is 29.8 Å². The number of nitrogens with one attached hydrogen (secondary N) is 1. The van der Waals surface area contributed by atoms with Crippen molar-refractivity contribution in [2.24, 2.45) is 17.8 Å². The molecule has 2 fully saturated rings. The molecule has 0 radical (unpaired) electrons. The van der Waals surface area contributed by atoms with Crippen LogP contribution in [0, 0.1) is 29.4 Å². The summed E-state index contributed by atoms with van der Waals surface area (Å²) in [5, 5.41) is 3.24. The summed E-state index contributed by atoms with van der Waals surface area (Å²) in [4.78, 5) is 27.0. The number of hydrogen-bond donors (Lipinski definition) is 1. The Morgan fingerprint density at radius 3 is 2.33 bits per heavy atom. The van der Waals surface area contributed by atoms with Crippen molar-refractivity contribution >= 4 is 11.8 Å². The zero-order valence-corrected chi connectivity index (χ0v) is 17.0. The topological polar surface area (TPSA) is 49.4 Å². The summed E-state index contributed by atoms with van der Waals surface area (Å²) in [7, 11) is 0. The standard InChI is InChI=1S/C24H26F2N2O2/c1-15-13-20(15)22(16-5-3-2-4-6-16)27-23(29)17-9-11-28(12-10-17)24(30)19-8-7-18(25)14-21(19)26/h2-8,14-15,17,20,22H,9-13H2,1H3,(H,27,29). The largest absolute Gasteiger partial charge is 0.349 e. The van der Waals surface area contributed by atoms with Gasteiger partial charge in [0.1, 0.15) is 11.6 Å². The lowest BCUT2D eigenvalue weighted by molar-refractivity contribution is -0.127. The van der Waals surface area contributed by atoms with Gasteiger partial charge in [0.05, 0.1) is 11.6 Å². The second-order valence-corrected chi connectivity index (χ2v) is 8.46. The van der Waals surface area contributed by atoms with Crippen molar-refractivity contribution in [3.63, 3.8) is 0 Å². The van der Waals surface area contributed by atoms with E-state index in [1.54, 1.807) is 0 Å². The normalized spacial score (nSPS) is 22.4. The summed E-state index contributed by atoms with van der Waals surface area (Å²) in [6.45, 7) is 2.96. The molecule has 2 aromatic carbocycles. The molecule has 6 heteroatoms. The van der Waals surface area contributed by atoms with Crippen LogP contribution in [0.2, 0.25) is 0 Å². The fourth-order valence-corrected chi connectivity index (χ4v) is 4.36. The molecule has 1 aliphatic carbocycles. The molecule has 1 saturated carbocycles. The summed E-state index contributed by atoms with van der Waals surface area (Å²) in [5.41, 5.74) is 0.991. The van der Waals surface area contributed by atoms with Gasteiger partial charge in [-0.3, -0.25) is 9.59 Å². The highest BCUT2D eigenvalue weighted by Crippen LogP contribution is 2.47. The fraction of sp³-hybridized carbons (Fsp3) is 0.417. The number of halogens is 2. The van der Waals surface area contributed by atoms with E-state index in [9.17, 15) is 18.4 Å². The van der Waals surface area contributed by atoms with E-state index in [2.05, 4.69) is 24.4 Å². The molecule has 1 saturated heterocycles. The Balaban J connectivity index is 1.36. The zero-order chi connectivity index (χ0) is 21.3. The predicted molar refractivity (Wildman–Crippen MR) is 110 cm³/mol. The third-order valence-corrected chi connectivity index (χ3v) is 6.37. The van der Waals surface area contributed by atoms with Crippen LogP contribution in [0.5, 0.6) is 0 Å². The zero-order valence-electron chi connectivity index (χ0n) is 17.0. The summed E-state index contributed by atoms with van der Waals surface area (Å²) < 4.78 is 27.0. The first kappa shape index (κ1) is 20.5. The van der Waals surface area contributed by atoms with Gasteiger partial charge in [0, 0.05) is 25.1 Å². The fourth-order valence-electron chi connectivity index (χ4n) is 4.36. The number of carbonyl (C=O) groups excluding carboxylic acids is 2. The van der Waals surface area contributed by atoms with Gasteiger partial charge in [0.15, 0.2) is 0 Å². The highest BCUT2D eigenvalue weighted by molar-refractivity contribution is 5.94. The number of carbonyl (C=O) groups is 2. The minimum absolute atomic E-state index is 0.0154. The Labute approximate surface area is 175 Å². The Hall–Kier alpha value is -2.76. The molecular formula is C24H26F2N2O2. The quantitative estimate of drug-likeness (QED) is 0.795. The molecule has 1 aliphatic heterocycles. The number of hydrogen-bond acceptors (Lipinski definition) is 2. The van der Waals surface area contributed by atoms with Crippen LogP contribution in [-0.2, 0) is 4.79 Å². The van der Waals surface area contributed by atoms with Gasteiger partial charge in [-0.05, 0) is 48.8 Å². The number of piperidine rings is 1. The van der Waals surface area contributed by atoms with E-state index in [-0.39, 0.29) is 23.4 Å². The molecule has 2 amide bonds. The molecule has 4 rings (SSSR count). The maximum absolute atomic E-state index is 13.9. The Kier molecular flexibility index (Phi) is 5.84. The first-order chi connectivity index (χ1) is 14.4. The van der Waals surface area contributed by atoms with Gasteiger partial charge >= 0.3 is 0 Å². The van der Waals surface area contributed by atoms with Crippen molar-refractivity contribution in [1.29, 1.82) is 0 Å². The van der Waals surface area contributed by atoms with Crippen LogP contribution in [0.4, 0.5) is 8.78 Å². The summed E-state index contributed by atoms with van der Waals surface area (Å²) >= 11 is 0. The molecule has 3 unspecified atom stereocenters. The van der Waals surface area contributed by atoms with Gasteiger partial charge in [0.25, 0.3) is 5.91 Å². The Morgan fingerprint density at radius 2 is 1.73 bits per heavy atom. The molecular weight excluding hydrogens is 386 g/mol. The molecule has 1 N–H and O–H groups in total. The number of nitrogens with zero attached hydrogens (tertiary/aromatic N) is 1. The van der Waals surface area contributed by atoms with E-state index < -0.39 is 17.5 Å². The lowest BCUT2D eigenvalue weighted by Crippen LogP contribution is -2.44. The van der Waals surface area contributed by atoms with Gasteiger partial charge in [-0.1, -0.05) is 37.3 Å². The van der Waals surface area contributed by atoms with Crippen molar-refractivity contribution in [3.05, 3.63) is 71.3 Å². The molecule has 1 heterocycles. The Morgan fingerprint density at radius 1 is 1.07 bits per heavy atom. The van der Waals surface area contributed by atoms with Crippen molar-refractivity contribution in [3.8, 4) is 0 Å².